The van der Waals surface area contributed by atoms with Crippen molar-refractivity contribution in [3.05, 3.63) is 59.3 Å². The number of rotatable bonds is 2. The van der Waals surface area contributed by atoms with Gasteiger partial charge in [0, 0.05) is 37.4 Å². The van der Waals surface area contributed by atoms with Gasteiger partial charge in [0.1, 0.15) is 0 Å². The van der Waals surface area contributed by atoms with E-state index in [2.05, 4.69) is 10.2 Å². The van der Waals surface area contributed by atoms with E-state index in [0.29, 0.717) is 32.1 Å². The number of carbonyl (C=O) groups excluding carboxylic acids is 1. The summed E-state index contributed by atoms with van der Waals surface area (Å²) in [7, 11) is 0. The van der Waals surface area contributed by atoms with E-state index in [0.717, 1.165) is 23.5 Å². The van der Waals surface area contributed by atoms with Crippen molar-refractivity contribution in [2.45, 2.75) is 13.1 Å². The second-order valence-electron chi connectivity index (χ2n) is 6.72. The first-order chi connectivity index (χ1) is 13.3. The average Bonchev–Trinajstić information content (AvgIpc) is 3.12. The number of halogens is 3. The summed E-state index contributed by atoms with van der Waals surface area (Å²) in [4.78, 5) is 16.2. The molecule has 1 saturated heterocycles. The Bertz CT molecular complexity index is 1020. The summed E-state index contributed by atoms with van der Waals surface area (Å²) in [5.41, 5.74) is 0.979. The summed E-state index contributed by atoms with van der Waals surface area (Å²) in [5, 5.41) is 8.43. The number of piperazine rings is 1. The van der Waals surface area contributed by atoms with Crippen molar-refractivity contribution >= 4 is 17.5 Å². The smallest absolute Gasteiger partial charge is 0.337 e. The van der Waals surface area contributed by atoms with Crippen LogP contribution in [-0.4, -0.2) is 51.6 Å². The highest BCUT2D eigenvalue weighted by molar-refractivity contribution is 5.94. The van der Waals surface area contributed by atoms with E-state index >= 15 is 0 Å². The van der Waals surface area contributed by atoms with Crippen LogP contribution in [0.15, 0.2) is 42.5 Å². The van der Waals surface area contributed by atoms with Crippen LogP contribution in [0.1, 0.15) is 21.6 Å². The molecule has 28 heavy (non-hydrogen) atoms. The normalized spacial score (nSPS) is 15.3. The molecule has 9 heteroatoms. The highest BCUT2D eigenvalue weighted by atomic mass is 19.4. The van der Waals surface area contributed by atoms with Crippen LogP contribution in [0, 0.1) is 6.92 Å². The Morgan fingerprint density at radius 2 is 1.71 bits per heavy atom. The van der Waals surface area contributed by atoms with E-state index in [-0.39, 0.29) is 5.56 Å². The number of amides is 1. The van der Waals surface area contributed by atoms with Crippen molar-refractivity contribution < 1.29 is 18.0 Å². The number of nitrogens with zero attached hydrogens (tertiary/aromatic N) is 5. The predicted octanol–water partition coefficient (Wildman–Crippen LogP) is 3.02. The molecule has 0 aliphatic carbocycles. The lowest BCUT2D eigenvalue weighted by Crippen LogP contribution is -2.49. The number of hydrogen-bond donors (Lipinski definition) is 0. The molecule has 0 bridgehead atoms. The first-order valence-corrected chi connectivity index (χ1v) is 8.87. The highest BCUT2D eigenvalue weighted by Crippen LogP contribution is 2.30. The summed E-state index contributed by atoms with van der Waals surface area (Å²) in [6, 6.07) is 10.3. The fourth-order valence-corrected chi connectivity index (χ4v) is 3.41. The molecule has 0 atom stereocenters. The van der Waals surface area contributed by atoms with E-state index in [1.165, 1.54) is 12.1 Å². The highest BCUT2D eigenvalue weighted by Gasteiger charge is 2.32. The molecular formula is C19H18F3N5O. The van der Waals surface area contributed by atoms with Gasteiger partial charge >= 0.3 is 6.18 Å². The van der Waals surface area contributed by atoms with Crippen LogP contribution in [0.5, 0.6) is 0 Å². The quantitative estimate of drug-likeness (QED) is 0.676. The Labute approximate surface area is 159 Å². The van der Waals surface area contributed by atoms with Gasteiger partial charge in [-0.1, -0.05) is 12.1 Å². The second-order valence-corrected chi connectivity index (χ2v) is 6.72. The van der Waals surface area contributed by atoms with Crippen LogP contribution >= 0.6 is 0 Å². The third kappa shape index (κ3) is 3.28. The predicted molar refractivity (Wildman–Crippen MR) is 97.3 cm³/mol. The van der Waals surface area contributed by atoms with Gasteiger partial charge in [0.2, 0.25) is 5.95 Å². The maximum Gasteiger partial charge on any atom is 0.416 e. The zero-order chi connectivity index (χ0) is 19.9. The molecule has 0 N–H and O–H groups in total. The van der Waals surface area contributed by atoms with E-state index in [4.69, 9.17) is 0 Å². The van der Waals surface area contributed by atoms with Gasteiger partial charge in [0.05, 0.1) is 5.56 Å². The number of hydrogen-bond acceptors (Lipinski definition) is 4. The van der Waals surface area contributed by atoms with Crippen molar-refractivity contribution in [2.24, 2.45) is 0 Å². The number of aryl methyl sites for hydroxylation is 1. The molecular weight excluding hydrogens is 371 g/mol. The maximum absolute atomic E-state index is 12.9. The number of benzene rings is 1. The summed E-state index contributed by atoms with van der Waals surface area (Å²) in [6.45, 7) is 3.82. The minimum Gasteiger partial charge on any atom is -0.337 e. The lowest BCUT2D eigenvalue weighted by atomic mass is 10.1. The summed E-state index contributed by atoms with van der Waals surface area (Å²) in [5.74, 6) is 0.312. The number of alkyl halides is 3. The van der Waals surface area contributed by atoms with Gasteiger partial charge < -0.3 is 9.80 Å². The first kappa shape index (κ1) is 18.3. The molecule has 1 aliphatic rings. The molecule has 0 radical (unpaired) electrons. The van der Waals surface area contributed by atoms with Gasteiger partial charge in [-0.15, -0.1) is 10.2 Å². The molecule has 3 aromatic rings. The van der Waals surface area contributed by atoms with Crippen molar-refractivity contribution in [2.75, 3.05) is 31.1 Å². The van der Waals surface area contributed by atoms with Crippen molar-refractivity contribution in [3.63, 3.8) is 0 Å². The fourth-order valence-electron chi connectivity index (χ4n) is 3.41. The number of pyridine rings is 1. The number of aromatic nitrogens is 3. The van der Waals surface area contributed by atoms with Gasteiger partial charge in [0.15, 0.2) is 5.65 Å². The molecule has 1 aliphatic heterocycles. The van der Waals surface area contributed by atoms with Crippen molar-refractivity contribution in [1.29, 1.82) is 0 Å². The molecule has 2 aromatic heterocycles. The van der Waals surface area contributed by atoms with Crippen LogP contribution in [-0.2, 0) is 6.18 Å². The number of fused-ring (bicyclic) bond motifs is 1. The second kappa shape index (κ2) is 6.81. The average molecular weight is 389 g/mol. The molecule has 0 saturated carbocycles. The maximum atomic E-state index is 12.9. The number of carbonyl (C=O) groups is 1. The summed E-state index contributed by atoms with van der Waals surface area (Å²) >= 11 is 0. The summed E-state index contributed by atoms with van der Waals surface area (Å²) in [6.07, 6.45) is -4.47. The molecule has 6 nitrogen and oxygen atoms in total. The van der Waals surface area contributed by atoms with E-state index < -0.39 is 17.6 Å². The van der Waals surface area contributed by atoms with Crippen LogP contribution < -0.4 is 4.90 Å². The van der Waals surface area contributed by atoms with Gasteiger partial charge in [-0.3, -0.25) is 9.20 Å². The lowest BCUT2D eigenvalue weighted by Gasteiger charge is -2.35. The third-order valence-electron chi connectivity index (χ3n) is 4.89. The van der Waals surface area contributed by atoms with Gasteiger partial charge in [-0.05, 0) is 37.3 Å². The van der Waals surface area contributed by atoms with E-state index in [1.54, 1.807) is 4.90 Å². The Morgan fingerprint density at radius 3 is 2.43 bits per heavy atom. The lowest BCUT2D eigenvalue weighted by molar-refractivity contribution is -0.137. The minimum absolute atomic E-state index is 0.0482. The molecule has 4 rings (SSSR count). The van der Waals surface area contributed by atoms with Crippen molar-refractivity contribution in [3.8, 4) is 0 Å². The largest absolute Gasteiger partial charge is 0.416 e. The van der Waals surface area contributed by atoms with Crippen LogP contribution in [0.4, 0.5) is 19.1 Å². The monoisotopic (exact) mass is 389 g/mol. The zero-order valence-electron chi connectivity index (χ0n) is 15.1. The Balaban J connectivity index is 1.49. The van der Waals surface area contributed by atoms with E-state index in [9.17, 15) is 18.0 Å². The standard InChI is InChI=1S/C19H18F3N5O/c1-13-4-2-7-16-23-24-18(27(13)16)26-10-8-25(9-11-26)17(28)14-5-3-6-15(12-14)19(20,21)22/h2-7,12H,8-11H2,1H3. The SMILES string of the molecule is Cc1cccc2nnc(N3CCN(C(=O)c4cccc(C(F)(F)F)c4)CC3)n12. The molecule has 0 unspecified atom stereocenters. The summed E-state index contributed by atoms with van der Waals surface area (Å²) < 4.78 is 40.6. The Morgan fingerprint density at radius 1 is 1.00 bits per heavy atom. The van der Waals surface area contributed by atoms with Gasteiger partial charge in [-0.25, -0.2) is 0 Å². The van der Waals surface area contributed by atoms with Crippen LogP contribution in [0.3, 0.4) is 0 Å². The Kier molecular flexibility index (Phi) is 4.44. The molecule has 1 aromatic carbocycles. The van der Waals surface area contributed by atoms with Crippen LogP contribution in [0.2, 0.25) is 0 Å². The first-order valence-electron chi connectivity index (χ1n) is 8.87. The minimum atomic E-state index is -4.47. The molecule has 1 amide bonds. The van der Waals surface area contributed by atoms with Gasteiger partial charge in [0.25, 0.3) is 5.91 Å². The Hall–Kier alpha value is -3.10. The molecule has 3 heterocycles. The van der Waals surface area contributed by atoms with Crippen molar-refractivity contribution in [1.82, 2.24) is 19.5 Å². The molecule has 0 spiro atoms. The number of anilines is 1. The third-order valence-corrected chi connectivity index (χ3v) is 4.89. The zero-order valence-corrected chi connectivity index (χ0v) is 15.1. The van der Waals surface area contributed by atoms with E-state index in [1.807, 2.05) is 34.4 Å². The molecule has 1 fully saturated rings. The fraction of sp³-hybridized carbons (Fsp3) is 0.316. The topological polar surface area (TPSA) is 53.7 Å². The molecule has 146 valence electrons. The van der Waals surface area contributed by atoms with Gasteiger partial charge in [-0.2, -0.15) is 13.2 Å². The van der Waals surface area contributed by atoms with Crippen LogP contribution in [0.25, 0.3) is 5.65 Å².